The summed E-state index contributed by atoms with van der Waals surface area (Å²) >= 11 is 2.65. The fourth-order valence-corrected chi connectivity index (χ4v) is 2.55. The van der Waals surface area contributed by atoms with E-state index in [0.29, 0.717) is 10.2 Å². The summed E-state index contributed by atoms with van der Waals surface area (Å²) in [4.78, 5) is 7.44. The van der Waals surface area contributed by atoms with Gasteiger partial charge in [-0.25, -0.2) is 9.97 Å². The van der Waals surface area contributed by atoms with E-state index in [0.717, 1.165) is 16.6 Å². The summed E-state index contributed by atoms with van der Waals surface area (Å²) in [5.41, 5.74) is -0.358. The van der Waals surface area contributed by atoms with Crippen molar-refractivity contribution in [2.24, 2.45) is 0 Å². The molecule has 7 heteroatoms. The number of thioether (sulfide) groups is 1. The molecule has 0 saturated carbocycles. The Bertz CT molecular complexity index is 492. The molecular weight excluding hydrogens is 245 g/mol. The number of pyridine rings is 1. The SMILES string of the molecule is CSc1nc2cnc(C(F)(F)F)cc2s1. The molecule has 2 aromatic rings. The van der Waals surface area contributed by atoms with E-state index < -0.39 is 11.9 Å². The summed E-state index contributed by atoms with van der Waals surface area (Å²) in [5.74, 6) is 0. The van der Waals surface area contributed by atoms with Gasteiger partial charge in [-0.15, -0.1) is 11.3 Å². The van der Waals surface area contributed by atoms with Gasteiger partial charge in [-0.1, -0.05) is 11.8 Å². The van der Waals surface area contributed by atoms with Crippen molar-refractivity contribution in [3.05, 3.63) is 18.0 Å². The molecule has 0 aliphatic carbocycles. The van der Waals surface area contributed by atoms with Crippen LogP contribution in [-0.2, 0) is 6.18 Å². The van der Waals surface area contributed by atoms with Crippen LogP contribution in [0.2, 0.25) is 0 Å². The van der Waals surface area contributed by atoms with Gasteiger partial charge in [0.2, 0.25) is 0 Å². The zero-order chi connectivity index (χ0) is 11.1. The molecule has 0 saturated heterocycles. The van der Waals surface area contributed by atoms with Crippen LogP contribution < -0.4 is 0 Å². The second-order valence-electron chi connectivity index (χ2n) is 2.72. The highest BCUT2D eigenvalue weighted by Crippen LogP contribution is 2.33. The van der Waals surface area contributed by atoms with E-state index in [-0.39, 0.29) is 0 Å². The number of rotatable bonds is 1. The number of aromatic nitrogens is 2. The predicted octanol–water partition coefficient (Wildman–Crippen LogP) is 3.43. The molecule has 0 aromatic carbocycles. The third kappa shape index (κ3) is 2.07. The molecule has 0 unspecified atom stereocenters. The first-order valence-corrected chi connectivity index (χ1v) is 5.92. The number of fused-ring (bicyclic) bond motifs is 1. The number of halogens is 3. The summed E-state index contributed by atoms with van der Waals surface area (Å²) in [5, 5.41) is 0. The first-order valence-electron chi connectivity index (χ1n) is 3.88. The first kappa shape index (κ1) is 10.7. The predicted molar refractivity (Wildman–Crippen MR) is 54.2 cm³/mol. The van der Waals surface area contributed by atoms with Gasteiger partial charge in [0.1, 0.15) is 11.2 Å². The summed E-state index contributed by atoms with van der Waals surface area (Å²) in [6.07, 6.45) is -1.40. The Labute approximate surface area is 91.5 Å². The Hall–Kier alpha value is -0.820. The second kappa shape index (κ2) is 3.64. The Balaban J connectivity index is 2.55. The highest BCUT2D eigenvalue weighted by molar-refractivity contribution is 8.00. The lowest BCUT2D eigenvalue weighted by molar-refractivity contribution is -0.141. The van der Waals surface area contributed by atoms with Crippen LogP contribution in [0.3, 0.4) is 0 Å². The van der Waals surface area contributed by atoms with Gasteiger partial charge >= 0.3 is 6.18 Å². The summed E-state index contributed by atoms with van der Waals surface area (Å²) in [6.45, 7) is 0. The number of hydrogen-bond donors (Lipinski definition) is 0. The minimum absolute atomic E-state index is 0.511. The topological polar surface area (TPSA) is 25.8 Å². The highest BCUT2D eigenvalue weighted by Gasteiger charge is 2.32. The van der Waals surface area contributed by atoms with Gasteiger partial charge in [-0.2, -0.15) is 13.2 Å². The maximum atomic E-state index is 12.3. The van der Waals surface area contributed by atoms with Crippen molar-refractivity contribution in [2.75, 3.05) is 6.26 Å². The molecule has 0 spiro atoms. The summed E-state index contributed by atoms with van der Waals surface area (Å²) < 4.78 is 38.2. The third-order valence-electron chi connectivity index (χ3n) is 1.72. The molecule has 2 nitrogen and oxygen atoms in total. The zero-order valence-corrected chi connectivity index (χ0v) is 9.13. The molecule has 0 N–H and O–H groups in total. The van der Waals surface area contributed by atoms with Crippen molar-refractivity contribution in [1.82, 2.24) is 9.97 Å². The number of nitrogens with zero attached hydrogens (tertiary/aromatic N) is 2. The number of alkyl halides is 3. The quantitative estimate of drug-likeness (QED) is 0.725. The van der Waals surface area contributed by atoms with Crippen molar-refractivity contribution in [3.8, 4) is 0 Å². The minimum Gasteiger partial charge on any atom is -0.249 e. The average molecular weight is 250 g/mol. The van der Waals surface area contributed by atoms with Gasteiger partial charge in [-0.05, 0) is 12.3 Å². The lowest BCUT2D eigenvalue weighted by atomic mass is 10.3. The van der Waals surface area contributed by atoms with Crippen LogP contribution in [0.4, 0.5) is 13.2 Å². The Kier molecular flexibility index (Phi) is 2.59. The van der Waals surface area contributed by atoms with Crippen LogP contribution in [0.15, 0.2) is 16.6 Å². The first-order chi connectivity index (χ1) is 7.00. The van der Waals surface area contributed by atoms with Crippen molar-refractivity contribution < 1.29 is 13.2 Å². The molecular formula is C8H5F3N2S2. The minimum atomic E-state index is -4.39. The molecule has 0 amide bonds. The lowest BCUT2D eigenvalue weighted by Gasteiger charge is -2.03. The Morgan fingerprint density at radius 2 is 2.13 bits per heavy atom. The molecule has 2 heterocycles. The zero-order valence-electron chi connectivity index (χ0n) is 7.50. The molecule has 15 heavy (non-hydrogen) atoms. The van der Waals surface area contributed by atoms with Gasteiger partial charge < -0.3 is 0 Å². The number of thiazole rings is 1. The van der Waals surface area contributed by atoms with E-state index in [9.17, 15) is 13.2 Å². The van der Waals surface area contributed by atoms with Crippen LogP contribution in [0.1, 0.15) is 5.69 Å². The van der Waals surface area contributed by atoms with Crippen LogP contribution in [0.25, 0.3) is 10.2 Å². The fourth-order valence-electron chi connectivity index (χ4n) is 1.05. The van der Waals surface area contributed by atoms with Gasteiger partial charge in [-0.3, -0.25) is 0 Å². The van der Waals surface area contributed by atoms with Gasteiger partial charge in [0, 0.05) is 0 Å². The molecule has 0 aliphatic heterocycles. The maximum Gasteiger partial charge on any atom is 0.433 e. The normalized spacial score (nSPS) is 12.3. The Morgan fingerprint density at radius 3 is 2.73 bits per heavy atom. The molecule has 0 radical (unpaired) electrons. The lowest BCUT2D eigenvalue weighted by Crippen LogP contribution is -2.06. The van der Waals surface area contributed by atoms with Crippen LogP contribution in [0, 0.1) is 0 Å². The molecule has 0 atom stereocenters. The van der Waals surface area contributed by atoms with Crippen molar-refractivity contribution in [2.45, 2.75) is 10.5 Å². The van der Waals surface area contributed by atoms with E-state index in [1.54, 1.807) is 0 Å². The molecule has 0 bridgehead atoms. The molecule has 0 fully saturated rings. The van der Waals surface area contributed by atoms with E-state index in [4.69, 9.17) is 0 Å². The van der Waals surface area contributed by atoms with Gasteiger partial charge in [0.15, 0.2) is 4.34 Å². The Morgan fingerprint density at radius 1 is 1.40 bits per heavy atom. The molecule has 80 valence electrons. The standard InChI is InChI=1S/C8H5F3N2S2/c1-14-7-13-4-3-12-6(8(9,10)11)2-5(4)15-7/h2-3H,1H3. The van der Waals surface area contributed by atoms with E-state index in [2.05, 4.69) is 9.97 Å². The van der Waals surface area contributed by atoms with E-state index in [1.807, 2.05) is 6.26 Å². The van der Waals surface area contributed by atoms with Crippen LogP contribution >= 0.6 is 23.1 Å². The third-order valence-corrected chi connectivity index (χ3v) is 3.72. The summed E-state index contributed by atoms with van der Waals surface area (Å²) in [6, 6.07) is 1.03. The highest BCUT2D eigenvalue weighted by atomic mass is 32.2. The van der Waals surface area contributed by atoms with Crippen molar-refractivity contribution in [1.29, 1.82) is 0 Å². The molecule has 2 rings (SSSR count). The van der Waals surface area contributed by atoms with Gasteiger partial charge in [0.25, 0.3) is 0 Å². The van der Waals surface area contributed by atoms with Crippen molar-refractivity contribution >= 4 is 33.3 Å². The summed E-state index contributed by atoms with van der Waals surface area (Å²) in [7, 11) is 0. The molecule has 2 aromatic heterocycles. The van der Waals surface area contributed by atoms with Crippen molar-refractivity contribution in [3.63, 3.8) is 0 Å². The van der Waals surface area contributed by atoms with Crippen LogP contribution in [-0.4, -0.2) is 16.2 Å². The second-order valence-corrected chi connectivity index (χ2v) is 4.80. The van der Waals surface area contributed by atoms with Gasteiger partial charge in [0.05, 0.1) is 10.9 Å². The average Bonchev–Trinajstić information content (AvgIpc) is 2.57. The smallest absolute Gasteiger partial charge is 0.249 e. The number of hydrogen-bond acceptors (Lipinski definition) is 4. The van der Waals surface area contributed by atoms with Crippen LogP contribution in [0.5, 0.6) is 0 Å². The van der Waals surface area contributed by atoms with E-state index >= 15 is 0 Å². The van der Waals surface area contributed by atoms with E-state index in [1.165, 1.54) is 23.1 Å². The maximum absolute atomic E-state index is 12.3. The largest absolute Gasteiger partial charge is 0.433 e. The molecule has 0 aliphatic rings. The monoisotopic (exact) mass is 250 g/mol. The fraction of sp³-hybridized carbons (Fsp3) is 0.250.